The maximum atomic E-state index is 12.2. The molecule has 1 fully saturated rings. The zero-order chi connectivity index (χ0) is 15.4. The molecule has 1 aliphatic carbocycles. The van der Waals surface area contributed by atoms with Crippen molar-refractivity contribution in [1.82, 2.24) is 14.5 Å². The Morgan fingerprint density at radius 3 is 3.00 bits per heavy atom. The number of imidazole rings is 1. The zero-order valence-electron chi connectivity index (χ0n) is 13.5. The number of aryl methyl sites for hydroxylation is 1. The number of amides is 1. The van der Waals surface area contributed by atoms with Gasteiger partial charge in [0, 0.05) is 39.0 Å². The van der Waals surface area contributed by atoms with Crippen molar-refractivity contribution in [3.05, 3.63) is 18.2 Å². The van der Waals surface area contributed by atoms with Crippen molar-refractivity contribution < 1.29 is 9.53 Å². The molecule has 0 unspecified atom stereocenters. The van der Waals surface area contributed by atoms with Crippen LogP contribution in [0.25, 0.3) is 0 Å². The van der Waals surface area contributed by atoms with Crippen LogP contribution in [-0.2, 0) is 22.5 Å². The lowest BCUT2D eigenvalue weighted by molar-refractivity contribution is -0.138. The molecule has 1 atom stereocenters. The molecule has 1 aromatic rings. The molecule has 0 spiro atoms. The molecule has 0 N–H and O–H groups in total. The molecule has 122 valence electrons. The summed E-state index contributed by atoms with van der Waals surface area (Å²) >= 11 is 0. The van der Waals surface area contributed by atoms with Gasteiger partial charge in [-0.05, 0) is 25.2 Å². The van der Waals surface area contributed by atoms with E-state index in [0.29, 0.717) is 12.0 Å². The summed E-state index contributed by atoms with van der Waals surface area (Å²) < 4.78 is 8.00. The van der Waals surface area contributed by atoms with Gasteiger partial charge in [-0.3, -0.25) is 4.79 Å². The molecule has 0 aromatic carbocycles. The van der Waals surface area contributed by atoms with Gasteiger partial charge in [0.15, 0.2) is 0 Å². The van der Waals surface area contributed by atoms with Crippen LogP contribution in [0, 0.1) is 5.92 Å². The number of nitrogens with zero attached hydrogens (tertiary/aromatic N) is 3. The topological polar surface area (TPSA) is 47.4 Å². The van der Waals surface area contributed by atoms with Crippen LogP contribution < -0.4 is 0 Å². The average molecular weight is 305 g/mol. The van der Waals surface area contributed by atoms with Gasteiger partial charge in [-0.2, -0.15) is 0 Å². The molecule has 0 saturated heterocycles. The standard InChI is InChI=1S/C17H27N3O2/c1-19(17(21)13-22-15-5-3-2-4-6-15)12-14-7-9-20-10-8-18-16(20)11-14/h8,10,14-15H,2-7,9,11-13H2,1H3/t14-/m0/s1. The SMILES string of the molecule is CN(C[C@H]1CCn2ccnc2C1)C(=O)COC1CCCCC1. The average Bonchev–Trinajstić information content (AvgIpc) is 3.01. The third kappa shape index (κ3) is 3.88. The van der Waals surface area contributed by atoms with Crippen molar-refractivity contribution in [2.24, 2.45) is 5.92 Å². The number of hydrogen-bond acceptors (Lipinski definition) is 3. The Labute approximate surface area is 132 Å². The molecule has 1 saturated carbocycles. The third-order valence-electron chi connectivity index (χ3n) is 5.00. The second kappa shape index (κ2) is 7.27. The molecule has 1 aromatic heterocycles. The quantitative estimate of drug-likeness (QED) is 0.838. The number of fused-ring (bicyclic) bond motifs is 1. The smallest absolute Gasteiger partial charge is 0.248 e. The van der Waals surface area contributed by atoms with Crippen LogP contribution in [-0.4, -0.2) is 46.7 Å². The highest BCUT2D eigenvalue weighted by molar-refractivity contribution is 5.77. The molecule has 2 aliphatic rings. The molecular formula is C17H27N3O2. The number of aromatic nitrogens is 2. The summed E-state index contributed by atoms with van der Waals surface area (Å²) in [6.45, 7) is 2.06. The van der Waals surface area contributed by atoms with E-state index < -0.39 is 0 Å². The van der Waals surface area contributed by atoms with E-state index in [9.17, 15) is 4.79 Å². The number of ether oxygens (including phenoxy) is 1. The molecule has 5 heteroatoms. The highest BCUT2D eigenvalue weighted by atomic mass is 16.5. The van der Waals surface area contributed by atoms with Crippen LogP contribution in [0.5, 0.6) is 0 Å². The van der Waals surface area contributed by atoms with Crippen LogP contribution >= 0.6 is 0 Å². The van der Waals surface area contributed by atoms with Gasteiger partial charge in [-0.15, -0.1) is 0 Å². The Kier molecular flexibility index (Phi) is 5.13. The number of hydrogen-bond donors (Lipinski definition) is 0. The van der Waals surface area contributed by atoms with E-state index in [1.54, 1.807) is 0 Å². The summed E-state index contributed by atoms with van der Waals surface area (Å²) in [5.41, 5.74) is 0. The number of likely N-dealkylation sites (N-methyl/N-ethyl adjacent to an activating group) is 1. The first-order valence-corrected chi connectivity index (χ1v) is 8.58. The van der Waals surface area contributed by atoms with E-state index in [1.807, 2.05) is 24.3 Å². The third-order valence-corrected chi connectivity index (χ3v) is 5.00. The van der Waals surface area contributed by atoms with Crippen molar-refractivity contribution in [2.45, 2.75) is 57.6 Å². The fraction of sp³-hybridized carbons (Fsp3) is 0.765. The Morgan fingerprint density at radius 1 is 1.36 bits per heavy atom. The van der Waals surface area contributed by atoms with E-state index in [1.165, 1.54) is 19.3 Å². The lowest BCUT2D eigenvalue weighted by atomic mass is 9.97. The number of rotatable bonds is 5. The first-order chi connectivity index (χ1) is 10.7. The van der Waals surface area contributed by atoms with Crippen molar-refractivity contribution in [1.29, 1.82) is 0 Å². The van der Waals surface area contributed by atoms with Crippen LogP contribution in [0.4, 0.5) is 0 Å². The molecule has 5 nitrogen and oxygen atoms in total. The minimum atomic E-state index is 0.111. The van der Waals surface area contributed by atoms with Crippen LogP contribution in [0.15, 0.2) is 12.4 Å². The number of carbonyl (C=O) groups excluding carboxylic acids is 1. The van der Waals surface area contributed by atoms with E-state index in [-0.39, 0.29) is 12.5 Å². The first kappa shape index (κ1) is 15.5. The molecule has 1 amide bonds. The predicted molar refractivity (Wildman–Crippen MR) is 84.5 cm³/mol. The van der Waals surface area contributed by atoms with E-state index in [4.69, 9.17) is 4.74 Å². The van der Waals surface area contributed by atoms with E-state index in [0.717, 1.165) is 44.6 Å². The molecule has 0 radical (unpaired) electrons. The molecule has 3 rings (SSSR count). The summed E-state index contributed by atoms with van der Waals surface area (Å²) in [5, 5.41) is 0. The van der Waals surface area contributed by atoms with Gasteiger partial charge in [0.1, 0.15) is 12.4 Å². The lowest BCUT2D eigenvalue weighted by Gasteiger charge is -2.28. The molecule has 22 heavy (non-hydrogen) atoms. The predicted octanol–water partition coefficient (Wildman–Crippen LogP) is 2.25. The fourth-order valence-electron chi connectivity index (χ4n) is 3.59. The Balaban J connectivity index is 1.41. The van der Waals surface area contributed by atoms with Gasteiger partial charge in [0.05, 0.1) is 6.10 Å². The summed E-state index contributed by atoms with van der Waals surface area (Å²) in [4.78, 5) is 18.5. The van der Waals surface area contributed by atoms with Crippen LogP contribution in [0.3, 0.4) is 0 Å². The highest BCUT2D eigenvalue weighted by Crippen LogP contribution is 2.21. The van der Waals surface area contributed by atoms with Gasteiger partial charge < -0.3 is 14.2 Å². The van der Waals surface area contributed by atoms with E-state index in [2.05, 4.69) is 9.55 Å². The highest BCUT2D eigenvalue weighted by Gasteiger charge is 2.23. The molecular weight excluding hydrogens is 278 g/mol. The largest absolute Gasteiger partial charge is 0.368 e. The van der Waals surface area contributed by atoms with Crippen molar-refractivity contribution >= 4 is 5.91 Å². The van der Waals surface area contributed by atoms with Gasteiger partial charge in [0.25, 0.3) is 0 Å². The van der Waals surface area contributed by atoms with Crippen molar-refractivity contribution in [2.75, 3.05) is 20.2 Å². The van der Waals surface area contributed by atoms with Gasteiger partial charge in [-0.1, -0.05) is 19.3 Å². The summed E-state index contributed by atoms with van der Waals surface area (Å²) in [6, 6.07) is 0. The lowest BCUT2D eigenvalue weighted by Crippen LogP contribution is -2.37. The van der Waals surface area contributed by atoms with Crippen molar-refractivity contribution in [3.63, 3.8) is 0 Å². The maximum Gasteiger partial charge on any atom is 0.248 e. The Bertz CT molecular complexity index is 494. The Hall–Kier alpha value is -1.36. The minimum absolute atomic E-state index is 0.111. The van der Waals surface area contributed by atoms with E-state index >= 15 is 0 Å². The fourth-order valence-corrected chi connectivity index (χ4v) is 3.59. The second-order valence-electron chi connectivity index (χ2n) is 6.74. The van der Waals surface area contributed by atoms with Crippen LogP contribution in [0.1, 0.15) is 44.3 Å². The zero-order valence-corrected chi connectivity index (χ0v) is 13.5. The monoisotopic (exact) mass is 305 g/mol. The van der Waals surface area contributed by atoms with Crippen LogP contribution in [0.2, 0.25) is 0 Å². The molecule has 1 aliphatic heterocycles. The second-order valence-corrected chi connectivity index (χ2v) is 6.74. The van der Waals surface area contributed by atoms with Gasteiger partial charge in [0.2, 0.25) is 5.91 Å². The minimum Gasteiger partial charge on any atom is -0.368 e. The maximum absolute atomic E-state index is 12.2. The summed E-state index contributed by atoms with van der Waals surface area (Å²) in [6.07, 6.45) is 12.3. The molecule has 0 bridgehead atoms. The van der Waals surface area contributed by atoms with Crippen molar-refractivity contribution in [3.8, 4) is 0 Å². The Morgan fingerprint density at radius 2 is 2.18 bits per heavy atom. The first-order valence-electron chi connectivity index (χ1n) is 8.58. The summed E-state index contributed by atoms with van der Waals surface area (Å²) in [7, 11) is 1.90. The van der Waals surface area contributed by atoms with Gasteiger partial charge >= 0.3 is 0 Å². The van der Waals surface area contributed by atoms with Gasteiger partial charge in [-0.25, -0.2) is 4.98 Å². The summed E-state index contributed by atoms with van der Waals surface area (Å²) in [5.74, 6) is 1.77. The number of carbonyl (C=O) groups is 1. The normalized spacial score (nSPS) is 22.3. The molecule has 2 heterocycles.